The van der Waals surface area contributed by atoms with Crippen molar-refractivity contribution in [1.82, 2.24) is 16.0 Å². The van der Waals surface area contributed by atoms with Gasteiger partial charge in [0.15, 0.2) is 0 Å². The lowest BCUT2D eigenvalue weighted by Crippen LogP contribution is -2.67. The van der Waals surface area contributed by atoms with Gasteiger partial charge in [-0.05, 0) is 102 Å². The monoisotopic (exact) mass is 555 g/mol. The van der Waals surface area contributed by atoms with Gasteiger partial charge in [0.25, 0.3) is 5.92 Å². The molecule has 5 nitrogen and oxygen atoms in total. The van der Waals surface area contributed by atoms with Crippen molar-refractivity contribution in [3.8, 4) is 0 Å². The molecule has 0 bridgehead atoms. The number of hydrogen-bond donors (Lipinski definition) is 3. The van der Waals surface area contributed by atoms with Gasteiger partial charge < -0.3 is 20.7 Å². The van der Waals surface area contributed by atoms with E-state index in [0.717, 1.165) is 50.9 Å². The molecule has 2 heterocycles. The molecule has 3 saturated carbocycles. The van der Waals surface area contributed by atoms with Gasteiger partial charge in [-0.25, -0.2) is 13.6 Å². The third-order valence-corrected chi connectivity index (χ3v) is 10.5. The smallest absolute Gasteiger partial charge is 0.408 e. The van der Waals surface area contributed by atoms with E-state index < -0.39 is 23.2 Å². The van der Waals surface area contributed by atoms with Crippen LogP contribution in [0.15, 0.2) is 11.4 Å². The highest BCUT2D eigenvalue weighted by atomic mass is 35.5. The number of carbonyl (C=O) groups excluding carboxylic acids is 1. The second kappa shape index (κ2) is 10.6. The molecular formula is C30H48ClF2N3O2. The third kappa shape index (κ3) is 6.23. The summed E-state index contributed by atoms with van der Waals surface area (Å²) in [5.74, 6) is -0.0576. The molecule has 0 radical (unpaired) electrons. The molecule has 3 fully saturated rings. The standard InChI is InChI=1S/C30H48ClF2N3O2/c1-18-6-5-7-20(14-18)22-15-24-23(12-13-25(31)34-24)35-26(22)19-8-10-21(11-9-19)29(16-30(32,33)17-29)36-27(37)38-28(2,3)4/h18-22,25-26,34-35H,5-17H2,1-4H3,(H,36,37). The molecule has 3 N–H and O–H groups in total. The van der Waals surface area contributed by atoms with E-state index >= 15 is 0 Å². The maximum atomic E-state index is 14.2. The van der Waals surface area contributed by atoms with Crippen molar-refractivity contribution in [3.63, 3.8) is 0 Å². The minimum absolute atomic E-state index is 0.0164. The van der Waals surface area contributed by atoms with Gasteiger partial charge in [-0.1, -0.05) is 37.8 Å². The van der Waals surface area contributed by atoms with E-state index in [-0.39, 0.29) is 24.3 Å². The molecule has 5 atom stereocenters. The first-order valence-electron chi connectivity index (χ1n) is 15.1. The first-order valence-corrected chi connectivity index (χ1v) is 15.5. The molecule has 5 unspecified atom stereocenters. The predicted molar refractivity (Wildman–Crippen MR) is 147 cm³/mol. The van der Waals surface area contributed by atoms with E-state index in [1.165, 1.54) is 37.1 Å². The molecule has 38 heavy (non-hydrogen) atoms. The van der Waals surface area contributed by atoms with Crippen molar-refractivity contribution >= 4 is 17.7 Å². The summed E-state index contributed by atoms with van der Waals surface area (Å²) in [7, 11) is 0. The topological polar surface area (TPSA) is 62.4 Å². The van der Waals surface area contributed by atoms with Gasteiger partial charge in [0.1, 0.15) is 11.1 Å². The zero-order valence-electron chi connectivity index (χ0n) is 23.7. The average molecular weight is 556 g/mol. The Balaban J connectivity index is 1.28. The summed E-state index contributed by atoms with van der Waals surface area (Å²) in [5.41, 5.74) is 1.17. The Kier molecular flexibility index (Phi) is 7.91. The SMILES string of the molecule is CC1CCCC(C2CC3=C(CCC(Cl)N3)NC2C2CCC(C3(NC(=O)OC(C)(C)C)CC(F)(F)C3)CC2)C1. The quantitative estimate of drug-likeness (QED) is 0.249. The summed E-state index contributed by atoms with van der Waals surface area (Å²) in [4.78, 5) is 12.6. The van der Waals surface area contributed by atoms with Gasteiger partial charge in [-0.3, -0.25) is 0 Å². The molecule has 0 aromatic heterocycles. The molecule has 5 rings (SSSR count). The summed E-state index contributed by atoms with van der Waals surface area (Å²) >= 11 is 6.48. The van der Waals surface area contributed by atoms with Gasteiger partial charge in [0.2, 0.25) is 0 Å². The normalized spacial score (nSPS) is 38.7. The van der Waals surface area contributed by atoms with Gasteiger partial charge in [0, 0.05) is 30.3 Å². The number of amides is 1. The van der Waals surface area contributed by atoms with E-state index in [1.807, 2.05) is 0 Å². The highest BCUT2D eigenvalue weighted by Crippen LogP contribution is 2.54. The fourth-order valence-corrected chi connectivity index (χ4v) is 8.71. The second-order valence-corrected chi connectivity index (χ2v) is 14.8. The van der Waals surface area contributed by atoms with Crippen LogP contribution in [-0.4, -0.2) is 34.7 Å². The number of carbonyl (C=O) groups is 1. The molecule has 8 heteroatoms. The van der Waals surface area contributed by atoms with Crippen molar-refractivity contribution in [1.29, 1.82) is 0 Å². The van der Waals surface area contributed by atoms with Crippen LogP contribution in [-0.2, 0) is 4.74 Å². The number of alkyl carbamates (subject to hydrolysis) is 1. The first kappa shape index (κ1) is 28.3. The van der Waals surface area contributed by atoms with Crippen LogP contribution in [0.5, 0.6) is 0 Å². The molecule has 3 aliphatic carbocycles. The third-order valence-electron chi connectivity index (χ3n) is 10.1. The van der Waals surface area contributed by atoms with Crippen LogP contribution in [0, 0.1) is 29.6 Å². The lowest BCUT2D eigenvalue weighted by Gasteiger charge is -2.55. The number of ether oxygens (including phenoxy) is 1. The van der Waals surface area contributed by atoms with Gasteiger partial charge >= 0.3 is 6.09 Å². The highest BCUT2D eigenvalue weighted by molar-refractivity contribution is 6.20. The lowest BCUT2D eigenvalue weighted by molar-refractivity contribution is -0.156. The first-order chi connectivity index (χ1) is 17.8. The number of rotatable bonds is 4. The average Bonchev–Trinajstić information content (AvgIpc) is 2.80. The van der Waals surface area contributed by atoms with E-state index in [9.17, 15) is 13.6 Å². The summed E-state index contributed by atoms with van der Waals surface area (Å²) in [6.07, 6.45) is 10.9. The zero-order chi connectivity index (χ0) is 27.3. The van der Waals surface area contributed by atoms with Gasteiger partial charge in [-0.15, -0.1) is 0 Å². The van der Waals surface area contributed by atoms with Crippen molar-refractivity contribution < 1.29 is 18.3 Å². The van der Waals surface area contributed by atoms with Crippen LogP contribution < -0.4 is 16.0 Å². The van der Waals surface area contributed by atoms with Crippen LogP contribution in [0.1, 0.15) is 111 Å². The Morgan fingerprint density at radius 2 is 1.71 bits per heavy atom. The minimum atomic E-state index is -2.71. The summed E-state index contributed by atoms with van der Waals surface area (Å²) in [6, 6.07) is 0.427. The number of nitrogens with one attached hydrogen (secondary N) is 3. The van der Waals surface area contributed by atoms with Crippen LogP contribution in [0.3, 0.4) is 0 Å². The molecule has 1 amide bonds. The fraction of sp³-hybridized carbons (Fsp3) is 0.900. The molecule has 0 aromatic rings. The lowest BCUT2D eigenvalue weighted by atomic mass is 9.58. The number of hydrogen-bond acceptors (Lipinski definition) is 4. The zero-order valence-corrected chi connectivity index (χ0v) is 24.4. The van der Waals surface area contributed by atoms with Gasteiger partial charge in [-0.2, -0.15) is 0 Å². The van der Waals surface area contributed by atoms with E-state index in [4.69, 9.17) is 16.3 Å². The molecule has 0 spiro atoms. The van der Waals surface area contributed by atoms with Crippen molar-refractivity contribution in [2.24, 2.45) is 29.6 Å². The van der Waals surface area contributed by atoms with E-state index in [2.05, 4.69) is 22.9 Å². The second-order valence-electron chi connectivity index (χ2n) is 14.3. The van der Waals surface area contributed by atoms with Crippen LogP contribution >= 0.6 is 11.6 Å². The van der Waals surface area contributed by atoms with Crippen molar-refractivity contribution in [2.45, 2.75) is 140 Å². The minimum Gasteiger partial charge on any atom is -0.444 e. The summed E-state index contributed by atoms with van der Waals surface area (Å²) in [6.45, 7) is 7.80. The predicted octanol–water partition coefficient (Wildman–Crippen LogP) is 7.45. The van der Waals surface area contributed by atoms with Crippen molar-refractivity contribution in [2.75, 3.05) is 0 Å². The van der Waals surface area contributed by atoms with Gasteiger partial charge in [0.05, 0.1) is 5.54 Å². The van der Waals surface area contributed by atoms with E-state index in [0.29, 0.717) is 23.8 Å². The van der Waals surface area contributed by atoms with Crippen LogP contribution in [0.2, 0.25) is 0 Å². The summed E-state index contributed by atoms with van der Waals surface area (Å²) in [5, 5.41) is 10.5. The Labute approximate surface area is 232 Å². The van der Waals surface area contributed by atoms with Crippen LogP contribution in [0.25, 0.3) is 0 Å². The highest BCUT2D eigenvalue weighted by Gasteiger charge is 2.61. The maximum absolute atomic E-state index is 14.2. The Bertz CT molecular complexity index is 904. The molecular weight excluding hydrogens is 508 g/mol. The molecule has 0 aromatic carbocycles. The number of allylic oxidation sites excluding steroid dienone is 2. The van der Waals surface area contributed by atoms with Crippen LogP contribution in [0.4, 0.5) is 13.6 Å². The molecule has 216 valence electrons. The number of halogens is 3. The maximum Gasteiger partial charge on any atom is 0.408 e. The number of alkyl halides is 3. The Hall–Kier alpha value is -1.24. The molecule has 0 saturated heterocycles. The van der Waals surface area contributed by atoms with Crippen molar-refractivity contribution in [3.05, 3.63) is 11.4 Å². The summed E-state index contributed by atoms with van der Waals surface area (Å²) < 4.78 is 33.9. The van der Waals surface area contributed by atoms with E-state index in [1.54, 1.807) is 20.8 Å². The Morgan fingerprint density at radius 3 is 2.34 bits per heavy atom. The molecule has 2 aliphatic heterocycles. The Morgan fingerprint density at radius 1 is 1.00 bits per heavy atom. The largest absolute Gasteiger partial charge is 0.444 e. The molecule has 5 aliphatic rings. The fourth-order valence-electron chi connectivity index (χ4n) is 8.47.